The van der Waals surface area contributed by atoms with Crippen molar-refractivity contribution in [3.05, 3.63) is 218 Å². The molecule has 0 fully saturated rings. The number of benzene rings is 10. The van der Waals surface area contributed by atoms with Gasteiger partial charge in [-0.2, -0.15) is 0 Å². The summed E-state index contributed by atoms with van der Waals surface area (Å²) in [5, 5.41) is 9.27. The van der Waals surface area contributed by atoms with E-state index in [0.29, 0.717) is 17.5 Å². The molecule has 0 N–H and O–H groups in total. The number of nitrogens with zero attached hydrogens (tertiary/aromatic N) is 4. The average Bonchev–Trinajstić information content (AvgIpc) is 3.68. The Morgan fingerprint density at radius 2 is 0.836 bits per heavy atom. The maximum Gasteiger partial charge on any atom is 0.165 e. The first-order valence-electron chi connectivity index (χ1n) is 20.7. The van der Waals surface area contributed by atoms with E-state index in [9.17, 15) is 0 Å². The quantitative estimate of drug-likeness (QED) is 0.125. The zero-order chi connectivity index (χ0) is 40.3. The number of para-hydroxylation sites is 2. The van der Waals surface area contributed by atoms with Crippen molar-refractivity contribution in [3.63, 3.8) is 0 Å². The Kier molecular flexibility index (Phi) is 8.13. The highest BCUT2D eigenvalue weighted by Crippen LogP contribution is 2.44. The van der Waals surface area contributed by atoms with E-state index < -0.39 is 0 Å². The number of aromatic nitrogens is 4. The molecule has 0 amide bonds. The van der Waals surface area contributed by atoms with Gasteiger partial charge < -0.3 is 4.57 Å². The molecule has 4 nitrogen and oxygen atoms in total. The fourth-order valence-corrected chi connectivity index (χ4v) is 9.35. The highest BCUT2D eigenvalue weighted by atomic mass is 15.0. The van der Waals surface area contributed by atoms with E-state index in [-0.39, 0.29) is 0 Å². The van der Waals surface area contributed by atoms with Crippen LogP contribution in [0.25, 0.3) is 116 Å². The monoisotopic (exact) mass is 776 g/mol. The Bertz CT molecular complexity index is 3650. The van der Waals surface area contributed by atoms with Crippen LogP contribution >= 0.6 is 0 Å². The van der Waals surface area contributed by atoms with Crippen molar-refractivity contribution in [2.75, 3.05) is 0 Å². The van der Waals surface area contributed by atoms with Gasteiger partial charge in [0.25, 0.3) is 0 Å². The van der Waals surface area contributed by atoms with Gasteiger partial charge >= 0.3 is 0 Å². The topological polar surface area (TPSA) is 43.6 Å². The highest BCUT2D eigenvalue weighted by molar-refractivity contribution is 6.20. The molecule has 284 valence electrons. The minimum atomic E-state index is 0.615. The summed E-state index contributed by atoms with van der Waals surface area (Å²) in [6, 6.07) is 77.4. The van der Waals surface area contributed by atoms with Crippen molar-refractivity contribution in [1.82, 2.24) is 19.5 Å². The Balaban J connectivity index is 1.17. The molecule has 0 saturated carbocycles. The first-order valence-corrected chi connectivity index (χ1v) is 20.7. The molecule has 0 unspecified atom stereocenters. The fourth-order valence-electron chi connectivity index (χ4n) is 9.35. The van der Waals surface area contributed by atoms with Crippen molar-refractivity contribution < 1.29 is 0 Å². The van der Waals surface area contributed by atoms with Gasteiger partial charge in [0.15, 0.2) is 17.5 Å². The molecule has 2 heterocycles. The van der Waals surface area contributed by atoms with Gasteiger partial charge in [-0.05, 0) is 84.9 Å². The van der Waals surface area contributed by atoms with E-state index >= 15 is 0 Å². The molecule has 0 aliphatic carbocycles. The Morgan fingerprint density at radius 3 is 1.61 bits per heavy atom. The number of fused-ring (bicyclic) bond motifs is 7. The third kappa shape index (κ3) is 5.72. The number of hydrogen-bond donors (Lipinski definition) is 0. The van der Waals surface area contributed by atoms with Crippen LogP contribution in [0.2, 0.25) is 0 Å². The molecular formula is C57H36N4. The van der Waals surface area contributed by atoms with Gasteiger partial charge in [-0.3, -0.25) is 0 Å². The molecule has 12 rings (SSSR count). The molecule has 0 aliphatic rings. The smallest absolute Gasteiger partial charge is 0.165 e. The molecular weight excluding hydrogens is 741 g/mol. The van der Waals surface area contributed by atoms with Crippen LogP contribution in [0.3, 0.4) is 0 Å². The van der Waals surface area contributed by atoms with Crippen LogP contribution in [0, 0.1) is 0 Å². The highest BCUT2D eigenvalue weighted by Gasteiger charge is 2.23. The van der Waals surface area contributed by atoms with Gasteiger partial charge in [0.05, 0.1) is 11.0 Å². The average molecular weight is 777 g/mol. The van der Waals surface area contributed by atoms with Crippen LogP contribution < -0.4 is 0 Å². The summed E-state index contributed by atoms with van der Waals surface area (Å²) in [4.78, 5) is 16.5. The minimum Gasteiger partial charge on any atom is -0.309 e. The first kappa shape index (κ1) is 34.8. The second-order valence-electron chi connectivity index (χ2n) is 15.5. The van der Waals surface area contributed by atoms with Gasteiger partial charge in [-0.1, -0.05) is 188 Å². The SMILES string of the molecule is c1ccc(-c2ccccc2-c2nc(-c3ccccc3-c3cccc4c3c3ccccc3n4-c3ccccc3)nc(-c3c4ccccc4cc4c3ccc3ccccc34)n2)cc1. The van der Waals surface area contributed by atoms with E-state index in [4.69, 9.17) is 15.0 Å². The van der Waals surface area contributed by atoms with Crippen LogP contribution in [0.5, 0.6) is 0 Å². The largest absolute Gasteiger partial charge is 0.309 e. The molecule has 0 aliphatic heterocycles. The van der Waals surface area contributed by atoms with E-state index in [1.807, 2.05) is 0 Å². The Morgan fingerprint density at radius 1 is 0.295 bits per heavy atom. The molecule has 10 aromatic carbocycles. The maximum atomic E-state index is 5.54. The zero-order valence-electron chi connectivity index (χ0n) is 33.1. The van der Waals surface area contributed by atoms with Gasteiger partial charge in [-0.25, -0.2) is 15.0 Å². The zero-order valence-corrected chi connectivity index (χ0v) is 33.1. The maximum absolute atomic E-state index is 5.54. The van der Waals surface area contributed by atoms with Crippen LogP contribution in [-0.4, -0.2) is 19.5 Å². The second-order valence-corrected chi connectivity index (χ2v) is 15.5. The number of hydrogen-bond acceptors (Lipinski definition) is 3. The van der Waals surface area contributed by atoms with Crippen LogP contribution in [0.1, 0.15) is 0 Å². The van der Waals surface area contributed by atoms with Gasteiger partial charge in [0.2, 0.25) is 0 Å². The summed E-state index contributed by atoms with van der Waals surface area (Å²) in [6.45, 7) is 0. The first-order chi connectivity index (χ1) is 30.3. The van der Waals surface area contributed by atoms with E-state index in [1.54, 1.807) is 0 Å². The predicted octanol–water partition coefficient (Wildman–Crippen LogP) is 14.8. The van der Waals surface area contributed by atoms with E-state index in [2.05, 4.69) is 223 Å². The predicted molar refractivity (Wildman–Crippen MR) is 254 cm³/mol. The Labute approximate surface area is 352 Å². The molecule has 0 atom stereocenters. The molecule has 2 aromatic heterocycles. The number of rotatable bonds is 6. The molecule has 0 bridgehead atoms. The van der Waals surface area contributed by atoms with Crippen molar-refractivity contribution in [3.8, 4) is 62.1 Å². The summed E-state index contributed by atoms with van der Waals surface area (Å²) >= 11 is 0. The van der Waals surface area contributed by atoms with E-state index in [0.717, 1.165) is 71.8 Å². The van der Waals surface area contributed by atoms with Crippen LogP contribution in [0.4, 0.5) is 0 Å². The summed E-state index contributed by atoms with van der Waals surface area (Å²) in [7, 11) is 0. The molecule has 0 radical (unpaired) electrons. The molecule has 4 heteroatoms. The molecule has 0 saturated heterocycles. The van der Waals surface area contributed by atoms with Crippen molar-refractivity contribution >= 4 is 54.1 Å². The summed E-state index contributed by atoms with van der Waals surface area (Å²) in [5.41, 5.74) is 10.6. The summed E-state index contributed by atoms with van der Waals surface area (Å²) in [6.07, 6.45) is 0. The second kappa shape index (κ2) is 14.3. The standard InChI is InChI=1S/C57H36N4/c1-3-18-37(19-4-1)41-24-11-13-28-47(41)55-58-56(60-57(59-55)54-43-26-10-8-21-39(43)36-50-42-25-9-7-20-38(42)34-35-46(50)54)48-29-14-12-27-44(48)45-31-17-33-52-53(45)49-30-15-16-32-51(49)61(52)40-22-5-2-6-23-40/h1-36H. The molecule has 0 spiro atoms. The van der Waals surface area contributed by atoms with Crippen LogP contribution in [0.15, 0.2) is 218 Å². The summed E-state index contributed by atoms with van der Waals surface area (Å²) < 4.78 is 2.37. The lowest BCUT2D eigenvalue weighted by Crippen LogP contribution is -2.03. The lowest BCUT2D eigenvalue weighted by molar-refractivity contribution is 1.08. The Hall–Kier alpha value is -8.21. The van der Waals surface area contributed by atoms with Gasteiger partial charge in [-0.15, -0.1) is 0 Å². The minimum absolute atomic E-state index is 0.615. The third-order valence-electron chi connectivity index (χ3n) is 12.1. The lowest BCUT2D eigenvalue weighted by Gasteiger charge is -2.17. The van der Waals surface area contributed by atoms with Gasteiger partial charge in [0.1, 0.15) is 0 Å². The molecule has 12 aromatic rings. The van der Waals surface area contributed by atoms with Crippen molar-refractivity contribution in [2.24, 2.45) is 0 Å². The normalized spacial score (nSPS) is 11.6. The van der Waals surface area contributed by atoms with Gasteiger partial charge in [0, 0.05) is 33.2 Å². The fraction of sp³-hybridized carbons (Fsp3) is 0. The lowest BCUT2D eigenvalue weighted by atomic mass is 9.92. The van der Waals surface area contributed by atoms with Crippen LogP contribution in [-0.2, 0) is 0 Å². The summed E-state index contributed by atoms with van der Waals surface area (Å²) in [5.74, 6) is 1.87. The van der Waals surface area contributed by atoms with E-state index in [1.165, 1.54) is 26.9 Å². The molecule has 61 heavy (non-hydrogen) atoms. The third-order valence-corrected chi connectivity index (χ3v) is 12.1. The van der Waals surface area contributed by atoms with Crippen molar-refractivity contribution in [1.29, 1.82) is 0 Å². The van der Waals surface area contributed by atoms with Crippen molar-refractivity contribution in [2.45, 2.75) is 0 Å².